The number of amides is 1. The first-order valence-corrected chi connectivity index (χ1v) is 7.48. The van der Waals surface area contributed by atoms with E-state index in [1.54, 1.807) is 6.08 Å². The Hall–Kier alpha value is -1.95. The summed E-state index contributed by atoms with van der Waals surface area (Å²) in [6.45, 7) is 3.61. The fourth-order valence-corrected chi connectivity index (χ4v) is 2.62. The van der Waals surface area contributed by atoms with Gasteiger partial charge in [-0.25, -0.2) is 0 Å². The molecule has 0 aliphatic heterocycles. The fourth-order valence-electron chi connectivity index (χ4n) is 1.85. The van der Waals surface area contributed by atoms with Crippen LogP contribution in [0.1, 0.15) is 37.4 Å². The van der Waals surface area contributed by atoms with Crippen molar-refractivity contribution in [1.29, 1.82) is 0 Å². The molecule has 1 N–H and O–H groups in total. The van der Waals surface area contributed by atoms with Gasteiger partial charge in [0, 0.05) is 12.3 Å². The summed E-state index contributed by atoms with van der Waals surface area (Å²) in [6, 6.07) is 1.85. The Morgan fingerprint density at radius 2 is 2.45 bits per heavy atom. The number of carbonyl (C=O) groups excluding carboxylic acids is 1. The van der Waals surface area contributed by atoms with Crippen LogP contribution in [0.4, 0.5) is 5.69 Å². The van der Waals surface area contributed by atoms with Gasteiger partial charge >= 0.3 is 0 Å². The van der Waals surface area contributed by atoms with E-state index in [0.717, 1.165) is 29.2 Å². The molecule has 2 aromatic rings. The minimum absolute atomic E-state index is 0.0357. The number of allylic oxidation sites excluding steroid dienone is 1. The summed E-state index contributed by atoms with van der Waals surface area (Å²) < 4.78 is 5.30. The van der Waals surface area contributed by atoms with Crippen molar-refractivity contribution in [2.45, 2.75) is 31.6 Å². The average molecular weight is 289 g/mol. The molecule has 2 heterocycles. The Labute approximate surface area is 120 Å². The SMILES string of the molecule is C=CCCC(=O)Nc1ccsc1-c1nc(C2CC2)no1. The second-order valence-electron chi connectivity index (χ2n) is 4.77. The van der Waals surface area contributed by atoms with Crippen molar-refractivity contribution in [2.75, 3.05) is 5.32 Å². The molecule has 0 bridgehead atoms. The third kappa shape index (κ3) is 2.80. The van der Waals surface area contributed by atoms with Crippen LogP contribution in [-0.4, -0.2) is 16.0 Å². The number of rotatable bonds is 6. The van der Waals surface area contributed by atoms with E-state index in [1.807, 2.05) is 11.4 Å². The number of anilines is 1. The van der Waals surface area contributed by atoms with Crippen LogP contribution in [0, 0.1) is 0 Å². The van der Waals surface area contributed by atoms with E-state index in [0.29, 0.717) is 24.7 Å². The van der Waals surface area contributed by atoms with E-state index in [4.69, 9.17) is 4.52 Å². The fraction of sp³-hybridized carbons (Fsp3) is 0.357. The smallest absolute Gasteiger partial charge is 0.270 e. The molecule has 0 aromatic carbocycles. The molecular weight excluding hydrogens is 274 g/mol. The molecule has 1 saturated carbocycles. The highest BCUT2D eigenvalue weighted by Gasteiger charge is 2.29. The molecule has 1 aliphatic carbocycles. The molecule has 1 aliphatic rings. The van der Waals surface area contributed by atoms with Gasteiger partial charge in [-0.2, -0.15) is 4.98 Å². The summed E-state index contributed by atoms with van der Waals surface area (Å²) in [7, 11) is 0. The van der Waals surface area contributed by atoms with Crippen LogP contribution in [-0.2, 0) is 4.79 Å². The summed E-state index contributed by atoms with van der Waals surface area (Å²) in [5, 5.41) is 8.77. The third-order valence-electron chi connectivity index (χ3n) is 3.09. The Balaban J connectivity index is 1.74. The maximum atomic E-state index is 11.8. The molecule has 0 spiro atoms. The van der Waals surface area contributed by atoms with Crippen LogP contribution in [0.3, 0.4) is 0 Å². The Bertz CT molecular complexity index is 628. The predicted octanol–water partition coefficient (Wildman–Crippen LogP) is 3.58. The minimum atomic E-state index is -0.0357. The van der Waals surface area contributed by atoms with Crippen LogP contribution >= 0.6 is 11.3 Å². The monoisotopic (exact) mass is 289 g/mol. The van der Waals surface area contributed by atoms with Gasteiger partial charge in [0.25, 0.3) is 5.89 Å². The van der Waals surface area contributed by atoms with Gasteiger partial charge < -0.3 is 9.84 Å². The standard InChI is InChI=1S/C14H15N3O2S/c1-2-3-4-11(18)15-10-7-8-20-12(10)14-16-13(17-19-14)9-5-6-9/h2,7-9H,1,3-6H2,(H,15,18). The van der Waals surface area contributed by atoms with Crippen LogP contribution in [0.5, 0.6) is 0 Å². The summed E-state index contributed by atoms with van der Waals surface area (Å²) in [5.74, 6) is 1.68. The van der Waals surface area contributed by atoms with Gasteiger partial charge in [-0.15, -0.1) is 17.9 Å². The lowest BCUT2D eigenvalue weighted by atomic mass is 10.3. The lowest BCUT2D eigenvalue weighted by Crippen LogP contribution is -2.10. The maximum absolute atomic E-state index is 11.8. The van der Waals surface area contributed by atoms with Gasteiger partial charge in [0.05, 0.1) is 5.69 Å². The van der Waals surface area contributed by atoms with Gasteiger partial charge in [-0.3, -0.25) is 4.79 Å². The number of carbonyl (C=O) groups is 1. The highest BCUT2D eigenvalue weighted by Crippen LogP contribution is 2.40. The number of hydrogen-bond donors (Lipinski definition) is 1. The van der Waals surface area contributed by atoms with Crippen LogP contribution in [0.15, 0.2) is 28.6 Å². The van der Waals surface area contributed by atoms with E-state index in [-0.39, 0.29) is 5.91 Å². The number of nitrogens with one attached hydrogen (secondary N) is 1. The molecule has 1 fully saturated rings. The van der Waals surface area contributed by atoms with Crippen molar-refractivity contribution < 1.29 is 9.32 Å². The van der Waals surface area contributed by atoms with Gasteiger partial charge in [0.2, 0.25) is 5.91 Å². The van der Waals surface area contributed by atoms with Crippen molar-refractivity contribution in [3.8, 4) is 10.8 Å². The molecule has 0 atom stereocenters. The van der Waals surface area contributed by atoms with Crippen LogP contribution < -0.4 is 5.32 Å². The van der Waals surface area contributed by atoms with Crippen molar-refractivity contribution in [2.24, 2.45) is 0 Å². The zero-order valence-corrected chi connectivity index (χ0v) is 11.8. The highest BCUT2D eigenvalue weighted by molar-refractivity contribution is 7.14. The van der Waals surface area contributed by atoms with E-state index in [1.165, 1.54) is 11.3 Å². The van der Waals surface area contributed by atoms with Gasteiger partial charge in [0.1, 0.15) is 4.88 Å². The number of thiophene rings is 1. The van der Waals surface area contributed by atoms with Gasteiger partial charge in [-0.1, -0.05) is 11.2 Å². The molecule has 104 valence electrons. The summed E-state index contributed by atoms with van der Waals surface area (Å²) >= 11 is 1.48. The maximum Gasteiger partial charge on any atom is 0.270 e. The summed E-state index contributed by atoms with van der Waals surface area (Å²) in [6.07, 6.45) is 5.09. The largest absolute Gasteiger partial charge is 0.333 e. The quantitative estimate of drug-likeness (QED) is 0.825. The molecule has 2 aromatic heterocycles. The molecule has 5 nitrogen and oxygen atoms in total. The second-order valence-corrected chi connectivity index (χ2v) is 5.69. The van der Waals surface area contributed by atoms with Crippen molar-refractivity contribution >= 4 is 22.9 Å². The molecule has 6 heteroatoms. The summed E-state index contributed by atoms with van der Waals surface area (Å²) in [4.78, 5) is 17.0. The van der Waals surface area contributed by atoms with Crippen LogP contribution in [0.25, 0.3) is 10.8 Å². The number of nitrogens with zero attached hydrogens (tertiary/aromatic N) is 2. The second kappa shape index (κ2) is 5.58. The predicted molar refractivity (Wildman–Crippen MR) is 77.6 cm³/mol. The average Bonchev–Trinajstić information content (AvgIpc) is 3.00. The Morgan fingerprint density at radius 1 is 1.60 bits per heavy atom. The molecule has 3 rings (SSSR count). The molecular formula is C14H15N3O2S. The lowest BCUT2D eigenvalue weighted by molar-refractivity contribution is -0.116. The number of aromatic nitrogens is 2. The molecule has 20 heavy (non-hydrogen) atoms. The minimum Gasteiger partial charge on any atom is -0.333 e. The molecule has 0 unspecified atom stereocenters. The Kier molecular flexibility index (Phi) is 3.64. The highest BCUT2D eigenvalue weighted by atomic mass is 32.1. The lowest BCUT2D eigenvalue weighted by Gasteiger charge is -2.02. The Morgan fingerprint density at radius 3 is 3.20 bits per heavy atom. The van der Waals surface area contributed by atoms with Crippen molar-refractivity contribution in [3.63, 3.8) is 0 Å². The van der Waals surface area contributed by atoms with Crippen molar-refractivity contribution in [3.05, 3.63) is 29.9 Å². The van der Waals surface area contributed by atoms with Gasteiger partial charge in [-0.05, 0) is 30.7 Å². The van der Waals surface area contributed by atoms with E-state index in [2.05, 4.69) is 22.0 Å². The van der Waals surface area contributed by atoms with Crippen LogP contribution in [0.2, 0.25) is 0 Å². The third-order valence-corrected chi connectivity index (χ3v) is 4.00. The molecule has 0 saturated heterocycles. The zero-order chi connectivity index (χ0) is 13.9. The first-order valence-electron chi connectivity index (χ1n) is 6.60. The number of hydrogen-bond acceptors (Lipinski definition) is 5. The molecule has 0 radical (unpaired) electrons. The normalized spacial score (nSPS) is 14.2. The molecule has 1 amide bonds. The zero-order valence-electron chi connectivity index (χ0n) is 11.0. The summed E-state index contributed by atoms with van der Waals surface area (Å²) in [5.41, 5.74) is 0.732. The van der Waals surface area contributed by atoms with E-state index >= 15 is 0 Å². The van der Waals surface area contributed by atoms with E-state index in [9.17, 15) is 4.79 Å². The topological polar surface area (TPSA) is 68.0 Å². The first kappa shape index (κ1) is 13.1. The first-order chi connectivity index (χ1) is 9.78. The van der Waals surface area contributed by atoms with E-state index < -0.39 is 0 Å². The van der Waals surface area contributed by atoms with Crippen molar-refractivity contribution in [1.82, 2.24) is 10.1 Å². The van der Waals surface area contributed by atoms with Gasteiger partial charge in [0.15, 0.2) is 5.82 Å².